The summed E-state index contributed by atoms with van der Waals surface area (Å²) in [5.41, 5.74) is 1.71. The maximum absolute atomic E-state index is 16.2. The fourth-order valence-corrected chi connectivity index (χ4v) is 5.70. The Hall–Kier alpha value is -3.50. The van der Waals surface area contributed by atoms with Crippen LogP contribution < -0.4 is 5.32 Å². The summed E-state index contributed by atoms with van der Waals surface area (Å²) in [6.07, 6.45) is 9.22. The molecule has 2 aromatic heterocycles. The zero-order valence-corrected chi connectivity index (χ0v) is 17.6. The van der Waals surface area contributed by atoms with E-state index in [2.05, 4.69) is 16.2 Å². The summed E-state index contributed by atoms with van der Waals surface area (Å²) in [5, 5.41) is 20.2. The molecule has 7 rings (SSSR count). The minimum Gasteiger partial charge on any atom is -0.508 e. The fourth-order valence-electron chi connectivity index (χ4n) is 5.70. The van der Waals surface area contributed by atoms with Crippen molar-refractivity contribution < 1.29 is 13.9 Å². The number of aromatic nitrogens is 3. The number of nitrogens with zero attached hydrogens (tertiary/aromatic N) is 3. The normalized spacial score (nSPS) is 23.7. The highest BCUT2D eigenvalue weighted by Gasteiger charge is 2.55. The van der Waals surface area contributed by atoms with Gasteiger partial charge in [-0.2, -0.15) is 5.10 Å². The molecule has 3 aliphatic rings. The third kappa shape index (κ3) is 2.61. The van der Waals surface area contributed by atoms with Crippen molar-refractivity contribution in [2.75, 3.05) is 13.1 Å². The Balaban J connectivity index is 1.50. The molecular weight excluding hydrogens is 422 g/mol. The number of benzene rings is 2. The predicted octanol–water partition coefficient (Wildman–Crippen LogP) is 4.48. The minimum absolute atomic E-state index is 0.0264. The van der Waals surface area contributed by atoms with E-state index in [9.17, 15) is 9.50 Å². The van der Waals surface area contributed by atoms with Crippen molar-refractivity contribution in [3.63, 3.8) is 0 Å². The Labute approximate surface area is 188 Å². The number of hydrogen-bond acceptors (Lipinski definition) is 4. The Morgan fingerprint density at radius 1 is 1.15 bits per heavy atom. The molecule has 1 saturated heterocycles. The lowest BCUT2D eigenvalue weighted by atomic mass is 9.95. The van der Waals surface area contributed by atoms with E-state index in [1.165, 1.54) is 24.3 Å². The summed E-state index contributed by atoms with van der Waals surface area (Å²) in [6, 6.07) is 5.85. The average molecular weight is 442 g/mol. The molecular formula is C26H20F2N4O. The van der Waals surface area contributed by atoms with Crippen molar-refractivity contribution in [2.45, 2.75) is 24.8 Å². The molecule has 1 aliphatic heterocycles. The maximum atomic E-state index is 16.2. The third-order valence-electron chi connectivity index (χ3n) is 7.47. The van der Waals surface area contributed by atoms with Crippen LogP contribution in [0.5, 0.6) is 5.75 Å². The summed E-state index contributed by atoms with van der Waals surface area (Å²) >= 11 is 0. The van der Waals surface area contributed by atoms with Gasteiger partial charge in [0.05, 0.1) is 17.3 Å². The van der Waals surface area contributed by atoms with Crippen LogP contribution in [0.2, 0.25) is 0 Å². The summed E-state index contributed by atoms with van der Waals surface area (Å²) in [7, 11) is 0. The monoisotopic (exact) mass is 442 g/mol. The van der Waals surface area contributed by atoms with Crippen LogP contribution >= 0.6 is 0 Å². The van der Waals surface area contributed by atoms with Crippen LogP contribution in [0.1, 0.15) is 36.1 Å². The standard InChI is InChI=1S/C26H20F2N4O/c1-2-15-20(27)6-3-12-7-14(33)8-16(21(12)15)25-23(28)26-19(11-30-25)24(31-32(26)13-4-5-13)22-17-9-29-10-18(17)22/h1,3,6-8,11,13,17-18,22,29,33H,4-5,9-10H2/t17-,18+,22?. The van der Waals surface area contributed by atoms with Gasteiger partial charge in [0.2, 0.25) is 0 Å². The van der Waals surface area contributed by atoms with Gasteiger partial charge in [0, 0.05) is 28.5 Å². The number of halogens is 2. The largest absolute Gasteiger partial charge is 0.508 e. The molecule has 5 nitrogen and oxygen atoms in total. The third-order valence-corrected chi connectivity index (χ3v) is 7.47. The van der Waals surface area contributed by atoms with Gasteiger partial charge in [0.1, 0.15) is 22.8 Å². The molecule has 4 aromatic rings. The second kappa shape index (κ2) is 6.52. The topological polar surface area (TPSA) is 63.0 Å². The van der Waals surface area contributed by atoms with Gasteiger partial charge in [-0.1, -0.05) is 12.0 Å². The first-order valence-corrected chi connectivity index (χ1v) is 11.3. The van der Waals surface area contributed by atoms with E-state index in [-0.39, 0.29) is 28.6 Å². The van der Waals surface area contributed by atoms with Crippen molar-refractivity contribution in [1.82, 2.24) is 20.1 Å². The lowest BCUT2D eigenvalue weighted by molar-refractivity contribution is 0.476. The Kier molecular flexibility index (Phi) is 3.76. The molecule has 2 N–H and O–H groups in total. The number of phenols is 1. The van der Waals surface area contributed by atoms with Crippen LogP contribution in [0.4, 0.5) is 8.78 Å². The summed E-state index contributed by atoms with van der Waals surface area (Å²) in [4.78, 5) is 4.48. The molecule has 33 heavy (non-hydrogen) atoms. The number of pyridine rings is 1. The molecule has 0 spiro atoms. The molecule has 0 amide bonds. The van der Waals surface area contributed by atoms with Crippen LogP contribution in [0.15, 0.2) is 30.5 Å². The summed E-state index contributed by atoms with van der Waals surface area (Å²) in [6.45, 7) is 1.94. The van der Waals surface area contributed by atoms with Gasteiger partial charge < -0.3 is 10.4 Å². The van der Waals surface area contributed by atoms with E-state index >= 15 is 4.39 Å². The predicted molar refractivity (Wildman–Crippen MR) is 121 cm³/mol. The molecule has 0 radical (unpaired) electrons. The lowest BCUT2D eigenvalue weighted by Crippen LogP contribution is -2.14. The molecule has 2 aliphatic carbocycles. The smallest absolute Gasteiger partial charge is 0.175 e. The van der Waals surface area contributed by atoms with Gasteiger partial charge >= 0.3 is 0 Å². The number of hydrogen-bond donors (Lipinski definition) is 2. The van der Waals surface area contributed by atoms with Crippen molar-refractivity contribution in [3.05, 3.63) is 53.4 Å². The highest BCUT2D eigenvalue weighted by molar-refractivity contribution is 6.02. The van der Waals surface area contributed by atoms with Gasteiger partial charge in [-0.05, 0) is 61.4 Å². The molecule has 164 valence electrons. The molecule has 3 heterocycles. The van der Waals surface area contributed by atoms with Gasteiger partial charge in [-0.3, -0.25) is 9.67 Å². The number of terminal acetylenes is 1. The van der Waals surface area contributed by atoms with Crippen molar-refractivity contribution in [2.24, 2.45) is 11.8 Å². The van der Waals surface area contributed by atoms with Gasteiger partial charge in [0.15, 0.2) is 5.82 Å². The van der Waals surface area contributed by atoms with E-state index in [4.69, 9.17) is 11.5 Å². The molecule has 7 heteroatoms. The van der Waals surface area contributed by atoms with Crippen molar-refractivity contribution in [3.8, 4) is 29.4 Å². The highest BCUT2D eigenvalue weighted by atomic mass is 19.1. The van der Waals surface area contributed by atoms with Gasteiger partial charge in [-0.15, -0.1) is 6.42 Å². The van der Waals surface area contributed by atoms with Gasteiger partial charge in [0.25, 0.3) is 0 Å². The Bertz CT molecular complexity index is 1520. The van der Waals surface area contributed by atoms with E-state index in [0.29, 0.717) is 34.0 Å². The molecule has 1 unspecified atom stereocenters. The van der Waals surface area contributed by atoms with E-state index in [1.54, 1.807) is 6.20 Å². The number of piperidine rings is 1. The first kappa shape index (κ1) is 19.0. The Morgan fingerprint density at radius 2 is 1.94 bits per heavy atom. The van der Waals surface area contributed by atoms with Gasteiger partial charge in [-0.25, -0.2) is 8.78 Å². The van der Waals surface area contributed by atoms with E-state index in [0.717, 1.165) is 37.0 Å². The van der Waals surface area contributed by atoms with E-state index < -0.39 is 11.6 Å². The zero-order chi connectivity index (χ0) is 22.4. The number of phenolic OH excluding ortho intramolecular Hbond substituents is 1. The second-order valence-corrected chi connectivity index (χ2v) is 9.41. The molecule has 3 atom stereocenters. The summed E-state index contributed by atoms with van der Waals surface area (Å²) in [5.74, 6) is 2.67. The maximum Gasteiger partial charge on any atom is 0.175 e. The number of fused-ring (bicyclic) bond motifs is 3. The summed E-state index contributed by atoms with van der Waals surface area (Å²) < 4.78 is 32.6. The molecule has 3 fully saturated rings. The van der Waals surface area contributed by atoms with Crippen molar-refractivity contribution in [1.29, 1.82) is 0 Å². The second-order valence-electron chi connectivity index (χ2n) is 9.41. The lowest BCUT2D eigenvalue weighted by Gasteiger charge is -2.12. The first-order chi connectivity index (χ1) is 16.1. The van der Waals surface area contributed by atoms with Crippen LogP contribution in [-0.2, 0) is 0 Å². The number of nitrogens with one attached hydrogen (secondary N) is 1. The fraction of sp³-hybridized carbons (Fsp3) is 0.308. The quantitative estimate of drug-likeness (QED) is 0.459. The highest BCUT2D eigenvalue weighted by Crippen LogP contribution is 2.57. The Morgan fingerprint density at radius 3 is 2.67 bits per heavy atom. The molecule has 2 aromatic carbocycles. The average Bonchev–Trinajstić information content (AvgIpc) is 3.68. The van der Waals surface area contributed by atoms with Crippen LogP contribution in [0, 0.1) is 35.8 Å². The van der Waals surface area contributed by atoms with E-state index in [1.807, 2.05) is 4.68 Å². The van der Waals surface area contributed by atoms with Crippen LogP contribution in [-0.4, -0.2) is 33.0 Å². The number of rotatable bonds is 3. The minimum atomic E-state index is -0.572. The molecule has 2 saturated carbocycles. The SMILES string of the molecule is C#Cc1c(F)ccc2cc(O)cc(-c3ncc4c(C5[C@H]6CNC[C@@H]56)nn(C5CC5)c4c3F)c12. The van der Waals surface area contributed by atoms with Crippen LogP contribution in [0.25, 0.3) is 32.9 Å². The van der Waals surface area contributed by atoms with Crippen molar-refractivity contribution >= 4 is 21.7 Å². The van der Waals surface area contributed by atoms with Crippen LogP contribution in [0.3, 0.4) is 0 Å². The first-order valence-electron chi connectivity index (χ1n) is 11.3. The molecule has 0 bridgehead atoms. The zero-order valence-electron chi connectivity index (χ0n) is 17.6. The number of aromatic hydroxyl groups is 1.